The number of nitrogens with zero attached hydrogens (tertiary/aromatic N) is 2. The van der Waals surface area contributed by atoms with Gasteiger partial charge in [-0.05, 0) is 31.5 Å². The molecule has 23 heavy (non-hydrogen) atoms. The molecule has 0 unspecified atom stereocenters. The van der Waals surface area contributed by atoms with E-state index in [0.717, 1.165) is 0 Å². The minimum atomic E-state index is 0.340. The molecule has 0 bridgehead atoms. The lowest BCUT2D eigenvalue weighted by Crippen LogP contribution is -2.33. The number of anilines is 1. The van der Waals surface area contributed by atoms with Gasteiger partial charge in [-0.25, -0.2) is 0 Å². The summed E-state index contributed by atoms with van der Waals surface area (Å²) in [6.45, 7) is 4.40. The zero-order valence-electron chi connectivity index (χ0n) is 13.4. The van der Waals surface area contributed by atoms with Crippen molar-refractivity contribution in [2.24, 2.45) is 11.0 Å². The summed E-state index contributed by atoms with van der Waals surface area (Å²) in [6, 6.07) is 21.3. The first kappa shape index (κ1) is 14.6. The van der Waals surface area contributed by atoms with Crippen LogP contribution in [0.5, 0.6) is 0 Å². The minimum Gasteiger partial charge on any atom is -0.251 e. The van der Waals surface area contributed by atoms with Crippen LogP contribution in [0.15, 0.2) is 77.4 Å². The van der Waals surface area contributed by atoms with E-state index in [1.807, 2.05) is 11.8 Å². The standard InChI is InChI=1S/C20H20N2S/c1-14-13-18(16-9-5-3-6-10-16)23-20-19(14)15(2)21-22(20)17-11-7-4-8-12-17/h3-13,18-20H,1-2H3/t18-,19-,20-/m0/s1. The molecule has 2 heterocycles. The molecule has 0 aliphatic carbocycles. The lowest BCUT2D eigenvalue weighted by atomic mass is 9.93. The molecule has 3 atom stereocenters. The highest BCUT2D eigenvalue weighted by atomic mass is 32.2. The van der Waals surface area contributed by atoms with Crippen molar-refractivity contribution in [2.75, 3.05) is 5.01 Å². The third-order valence-corrected chi connectivity index (χ3v) is 6.03. The average Bonchev–Trinajstić information content (AvgIpc) is 2.94. The van der Waals surface area contributed by atoms with Crippen molar-refractivity contribution in [2.45, 2.75) is 24.5 Å². The summed E-state index contributed by atoms with van der Waals surface area (Å²) in [6.07, 6.45) is 2.41. The van der Waals surface area contributed by atoms with Crippen LogP contribution >= 0.6 is 11.8 Å². The lowest BCUT2D eigenvalue weighted by molar-refractivity contribution is 0.726. The number of hydrogen-bond acceptors (Lipinski definition) is 3. The fourth-order valence-corrected chi connectivity index (χ4v) is 5.22. The molecule has 0 saturated heterocycles. The van der Waals surface area contributed by atoms with Gasteiger partial charge >= 0.3 is 0 Å². The smallest absolute Gasteiger partial charge is 0.110 e. The van der Waals surface area contributed by atoms with E-state index in [1.165, 1.54) is 22.5 Å². The van der Waals surface area contributed by atoms with Gasteiger partial charge in [0, 0.05) is 5.71 Å². The second kappa shape index (κ2) is 5.89. The van der Waals surface area contributed by atoms with Crippen molar-refractivity contribution >= 4 is 23.2 Å². The van der Waals surface area contributed by atoms with Crippen LogP contribution in [-0.4, -0.2) is 11.1 Å². The van der Waals surface area contributed by atoms with E-state index in [1.54, 1.807) is 0 Å². The second-order valence-electron chi connectivity index (χ2n) is 6.17. The van der Waals surface area contributed by atoms with Crippen molar-refractivity contribution in [3.05, 3.63) is 77.9 Å². The SMILES string of the molecule is CC1=C[C@@H](c2ccccc2)S[C@H]2[C@@H]1C(C)=NN2c1ccccc1. The topological polar surface area (TPSA) is 15.6 Å². The van der Waals surface area contributed by atoms with Crippen molar-refractivity contribution in [1.82, 2.24) is 0 Å². The van der Waals surface area contributed by atoms with E-state index in [2.05, 4.69) is 85.6 Å². The van der Waals surface area contributed by atoms with Gasteiger partial charge in [-0.2, -0.15) is 5.10 Å². The van der Waals surface area contributed by atoms with E-state index in [0.29, 0.717) is 16.5 Å². The Balaban J connectivity index is 1.70. The van der Waals surface area contributed by atoms with Crippen LogP contribution in [0.25, 0.3) is 0 Å². The molecular weight excluding hydrogens is 300 g/mol. The van der Waals surface area contributed by atoms with Crippen molar-refractivity contribution in [3.63, 3.8) is 0 Å². The van der Waals surface area contributed by atoms with Crippen LogP contribution in [0.3, 0.4) is 0 Å². The van der Waals surface area contributed by atoms with Gasteiger partial charge in [0.25, 0.3) is 0 Å². The van der Waals surface area contributed by atoms with Crippen LogP contribution in [0.2, 0.25) is 0 Å². The van der Waals surface area contributed by atoms with Crippen LogP contribution in [0.1, 0.15) is 24.7 Å². The number of benzene rings is 2. The molecule has 2 aliphatic rings. The predicted octanol–water partition coefficient (Wildman–Crippen LogP) is 5.26. The normalized spacial score (nSPS) is 26.5. The molecule has 0 spiro atoms. The lowest BCUT2D eigenvalue weighted by Gasteiger charge is -2.34. The summed E-state index contributed by atoms with van der Waals surface area (Å²) >= 11 is 2.00. The van der Waals surface area contributed by atoms with Gasteiger partial charge < -0.3 is 0 Å². The van der Waals surface area contributed by atoms with E-state index >= 15 is 0 Å². The summed E-state index contributed by atoms with van der Waals surface area (Å²) in [5, 5.41) is 7.81. The molecule has 0 N–H and O–H groups in total. The molecule has 3 heteroatoms. The van der Waals surface area contributed by atoms with Gasteiger partial charge in [-0.1, -0.05) is 60.2 Å². The van der Waals surface area contributed by atoms with E-state index in [-0.39, 0.29) is 0 Å². The quantitative estimate of drug-likeness (QED) is 0.701. The molecule has 0 fully saturated rings. The second-order valence-corrected chi connectivity index (χ2v) is 7.43. The summed E-state index contributed by atoms with van der Waals surface area (Å²) in [5.41, 5.74) is 5.19. The highest BCUT2D eigenvalue weighted by molar-refractivity contribution is 8.00. The molecule has 2 aromatic rings. The monoisotopic (exact) mass is 320 g/mol. The maximum Gasteiger partial charge on any atom is 0.110 e. The number of rotatable bonds is 2. The number of thioether (sulfide) groups is 1. The van der Waals surface area contributed by atoms with Crippen molar-refractivity contribution < 1.29 is 0 Å². The Morgan fingerprint density at radius 2 is 1.57 bits per heavy atom. The molecular formula is C20H20N2S. The maximum atomic E-state index is 4.87. The summed E-state index contributed by atoms with van der Waals surface area (Å²) < 4.78 is 0. The predicted molar refractivity (Wildman–Crippen MR) is 99.8 cm³/mol. The number of hydrazone groups is 1. The zero-order valence-corrected chi connectivity index (χ0v) is 14.2. The van der Waals surface area contributed by atoms with E-state index in [4.69, 9.17) is 5.10 Å². The maximum absolute atomic E-state index is 4.87. The molecule has 0 aromatic heterocycles. The van der Waals surface area contributed by atoms with E-state index in [9.17, 15) is 0 Å². The van der Waals surface area contributed by atoms with Gasteiger partial charge in [0.05, 0.1) is 16.9 Å². The molecule has 0 radical (unpaired) electrons. The fourth-order valence-electron chi connectivity index (χ4n) is 3.46. The number of fused-ring (bicyclic) bond motifs is 1. The van der Waals surface area contributed by atoms with Crippen molar-refractivity contribution in [3.8, 4) is 0 Å². The average molecular weight is 320 g/mol. The van der Waals surface area contributed by atoms with Gasteiger partial charge in [0.1, 0.15) is 5.37 Å². The fraction of sp³-hybridized carbons (Fsp3) is 0.250. The van der Waals surface area contributed by atoms with Crippen LogP contribution < -0.4 is 5.01 Å². The van der Waals surface area contributed by atoms with Gasteiger partial charge in [-0.3, -0.25) is 5.01 Å². The highest BCUT2D eigenvalue weighted by Gasteiger charge is 2.41. The molecule has 2 nitrogen and oxygen atoms in total. The largest absolute Gasteiger partial charge is 0.251 e. The number of hydrogen-bond donors (Lipinski definition) is 0. The Labute approximate surface area is 141 Å². The Morgan fingerprint density at radius 3 is 2.26 bits per heavy atom. The Bertz CT molecular complexity index is 752. The third-order valence-electron chi connectivity index (χ3n) is 4.58. The Morgan fingerprint density at radius 1 is 0.913 bits per heavy atom. The zero-order chi connectivity index (χ0) is 15.8. The van der Waals surface area contributed by atoms with Crippen molar-refractivity contribution in [1.29, 1.82) is 0 Å². The minimum absolute atomic E-state index is 0.340. The van der Waals surface area contributed by atoms with Crippen LogP contribution in [-0.2, 0) is 0 Å². The van der Waals surface area contributed by atoms with E-state index < -0.39 is 0 Å². The van der Waals surface area contributed by atoms with Gasteiger partial charge in [-0.15, -0.1) is 11.8 Å². The third kappa shape index (κ3) is 2.59. The molecule has 0 saturated carbocycles. The Kier molecular flexibility index (Phi) is 3.74. The highest BCUT2D eigenvalue weighted by Crippen LogP contribution is 2.49. The molecule has 2 aromatic carbocycles. The summed E-state index contributed by atoms with van der Waals surface area (Å²) in [4.78, 5) is 0. The summed E-state index contributed by atoms with van der Waals surface area (Å²) in [5.74, 6) is 0.417. The van der Waals surface area contributed by atoms with Gasteiger partial charge in [0.15, 0.2) is 0 Å². The first-order valence-electron chi connectivity index (χ1n) is 8.02. The van der Waals surface area contributed by atoms with Gasteiger partial charge in [0.2, 0.25) is 0 Å². The summed E-state index contributed by atoms with van der Waals surface area (Å²) in [7, 11) is 0. The molecule has 116 valence electrons. The first-order valence-corrected chi connectivity index (χ1v) is 8.96. The number of para-hydroxylation sites is 1. The first-order chi connectivity index (χ1) is 11.2. The molecule has 0 amide bonds. The molecule has 2 aliphatic heterocycles. The van der Waals surface area contributed by atoms with Crippen LogP contribution in [0, 0.1) is 5.92 Å². The Hall–Kier alpha value is -2.00. The van der Waals surface area contributed by atoms with Crippen LogP contribution in [0.4, 0.5) is 5.69 Å². The molecule has 4 rings (SSSR count).